The summed E-state index contributed by atoms with van der Waals surface area (Å²) < 4.78 is 5.83. The number of amides is 1. The van der Waals surface area contributed by atoms with Crippen LogP contribution in [-0.4, -0.2) is 25.0 Å². The second-order valence-electron chi connectivity index (χ2n) is 6.25. The molecule has 0 unspecified atom stereocenters. The molecule has 0 spiro atoms. The van der Waals surface area contributed by atoms with Gasteiger partial charge in [-0.1, -0.05) is 48.0 Å². The first-order chi connectivity index (χ1) is 11.0. The lowest BCUT2D eigenvalue weighted by molar-refractivity contribution is -0.143. The molecular formula is C18H24BrNO3. The first kappa shape index (κ1) is 18.0. The van der Waals surface area contributed by atoms with Crippen molar-refractivity contribution in [2.24, 2.45) is 5.92 Å². The molecule has 126 valence electrons. The Morgan fingerprint density at radius 3 is 2.61 bits per heavy atom. The average molecular weight is 382 g/mol. The maximum Gasteiger partial charge on any atom is 0.328 e. The van der Waals surface area contributed by atoms with Crippen molar-refractivity contribution in [3.05, 3.63) is 33.8 Å². The Balaban J connectivity index is 2.05. The van der Waals surface area contributed by atoms with Crippen LogP contribution in [0, 0.1) is 12.8 Å². The van der Waals surface area contributed by atoms with Crippen molar-refractivity contribution in [1.29, 1.82) is 0 Å². The van der Waals surface area contributed by atoms with E-state index >= 15 is 0 Å². The number of hydrogen-bond acceptors (Lipinski definition) is 3. The van der Waals surface area contributed by atoms with E-state index in [0.29, 0.717) is 17.9 Å². The first-order valence-electron chi connectivity index (χ1n) is 8.16. The van der Waals surface area contributed by atoms with Crippen LogP contribution in [-0.2, 0) is 9.53 Å². The van der Waals surface area contributed by atoms with E-state index in [4.69, 9.17) is 4.74 Å². The van der Waals surface area contributed by atoms with Gasteiger partial charge in [-0.2, -0.15) is 0 Å². The summed E-state index contributed by atoms with van der Waals surface area (Å²) in [7, 11) is 1.37. The number of aryl methyl sites for hydroxylation is 1. The van der Waals surface area contributed by atoms with Crippen molar-refractivity contribution in [1.82, 2.24) is 5.32 Å². The van der Waals surface area contributed by atoms with Gasteiger partial charge in [-0.15, -0.1) is 0 Å². The summed E-state index contributed by atoms with van der Waals surface area (Å²) in [5, 5.41) is 2.85. The molecule has 0 radical (unpaired) electrons. The zero-order valence-electron chi connectivity index (χ0n) is 13.7. The van der Waals surface area contributed by atoms with Gasteiger partial charge in [0.05, 0.1) is 7.11 Å². The van der Waals surface area contributed by atoms with Crippen LogP contribution in [0.25, 0.3) is 0 Å². The summed E-state index contributed by atoms with van der Waals surface area (Å²) in [6.07, 6.45) is 6.59. The van der Waals surface area contributed by atoms with Crippen LogP contribution in [0.5, 0.6) is 0 Å². The second-order valence-corrected chi connectivity index (χ2v) is 7.11. The first-order valence-corrected chi connectivity index (χ1v) is 8.95. The number of halogens is 1. The Labute approximate surface area is 146 Å². The minimum Gasteiger partial charge on any atom is -0.467 e. The molecule has 2 rings (SSSR count). The molecular weight excluding hydrogens is 358 g/mol. The molecule has 1 atom stereocenters. The van der Waals surface area contributed by atoms with Crippen molar-refractivity contribution >= 4 is 27.8 Å². The van der Waals surface area contributed by atoms with E-state index in [1.165, 1.54) is 26.4 Å². The normalized spacial score (nSPS) is 16.7. The van der Waals surface area contributed by atoms with Gasteiger partial charge in [0.25, 0.3) is 5.91 Å². The van der Waals surface area contributed by atoms with Crippen LogP contribution in [0.4, 0.5) is 0 Å². The number of hydrogen-bond donors (Lipinski definition) is 1. The number of esters is 1. The molecule has 0 aromatic heterocycles. The van der Waals surface area contributed by atoms with Crippen LogP contribution in [0.2, 0.25) is 0 Å². The fraction of sp³-hybridized carbons (Fsp3) is 0.556. The molecule has 1 N–H and O–H groups in total. The number of carbonyl (C=O) groups excluding carboxylic acids is 2. The largest absolute Gasteiger partial charge is 0.467 e. The molecule has 1 aliphatic rings. The van der Waals surface area contributed by atoms with Gasteiger partial charge in [0.1, 0.15) is 6.04 Å². The maximum atomic E-state index is 12.4. The molecule has 0 saturated heterocycles. The lowest BCUT2D eigenvalue weighted by Crippen LogP contribution is -2.43. The van der Waals surface area contributed by atoms with Crippen LogP contribution < -0.4 is 5.32 Å². The Bertz CT molecular complexity index is 567. The smallest absolute Gasteiger partial charge is 0.328 e. The standard InChI is InChI=1S/C18H24BrNO3/c1-12-10-14(8-9-15(12)19)17(21)20-16(18(22)23-2)11-13-6-4-3-5-7-13/h8-10,13,16H,3-7,11H2,1-2H3,(H,20,21)/t16-/m0/s1. The van der Waals surface area contributed by atoms with E-state index in [1.807, 2.05) is 19.1 Å². The zero-order valence-corrected chi connectivity index (χ0v) is 15.3. The van der Waals surface area contributed by atoms with Gasteiger partial charge >= 0.3 is 5.97 Å². The summed E-state index contributed by atoms with van der Waals surface area (Å²) >= 11 is 3.42. The highest BCUT2D eigenvalue weighted by Crippen LogP contribution is 2.27. The Kier molecular flexibility index (Phi) is 6.63. The van der Waals surface area contributed by atoms with Crippen molar-refractivity contribution < 1.29 is 14.3 Å². The molecule has 0 bridgehead atoms. The highest BCUT2D eigenvalue weighted by Gasteiger charge is 2.26. The molecule has 0 heterocycles. The quantitative estimate of drug-likeness (QED) is 0.784. The Morgan fingerprint density at radius 2 is 2.00 bits per heavy atom. The molecule has 23 heavy (non-hydrogen) atoms. The van der Waals surface area contributed by atoms with Gasteiger partial charge in [-0.3, -0.25) is 4.79 Å². The van der Waals surface area contributed by atoms with Crippen molar-refractivity contribution in [3.63, 3.8) is 0 Å². The van der Waals surface area contributed by atoms with Gasteiger partial charge in [0.15, 0.2) is 0 Å². The fourth-order valence-electron chi connectivity index (χ4n) is 3.14. The van der Waals surface area contributed by atoms with Crippen molar-refractivity contribution in [3.8, 4) is 0 Å². The average Bonchev–Trinajstić information content (AvgIpc) is 2.56. The molecule has 1 amide bonds. The summed E-state index contributed by atoms with van der Waals surface area (Å²) in [4.78, 5) is 24.5. The third-order valence-corrected chi connectivity index (χ3v) is 5.39. The number of nitrogens with one attached hydrogen (secondary N) is 1. The molecule has 1 aliphatic carbocycles. The summed E-state index contributed by atoms with van der Waals surface area (Å²) in [6, 6.07) is 4.84. The minimum atomic E-state index is -0.570. The van der Waals surface area contributed by atoms with Gasteiger partial charge in [0, 0.05) is 10.0 Å². The van der Waals surface area contributed by atoms with Gasteiger partial charge in [-0.25, -0.2) is 4.79 Å². The predicted octanol–water partition coefficient (Wildman–Crippen LogP) is 4.00. The molecule has 0 aliphatic heterocycles. The van der Waals surface area contributed by atoms with Crippen molar-refractivity contribution in [2.45, 2.75) is 51.5 Å². The lowest BCUT2D eigenvalue weighted by Gasteiger charge is -2.25. The number of benzene rings is 1. The Hall–Kier alpha value is -1.36. The van der Waals surface area contributed by atoms with Crippen molar-refractivity contribution in [2.75, 3.05) is 7.11 Å². The van der Waals surface area contributed by atoms with E-state index in [0.717, 1.165) is 22.9 Å². The molecule has 5 heteroatoms. The van der Waals surface area contributed by atoms with Gasteiger partial charge < -0.3 is 10.1 Å². The monoisotopic (exact) mass is 381 g/mol. The molecule has 1 saturated carbocycles. The van der Waals surface area contributed by atoms with Gasteiger partial charge in [0.2, 0.25) is 0 Å². The summed E-state index contributed by atoms with van der Waals surface area (Å²) in [6.45, 7) is 1.93. The highest BCUT2D eigenvalue weighted by atomic mass is 79.9. The molecule has 4 nitrogen and oxygen atoms in total. The van der Waals surface area contributed by atoms with Crippen LogP contribution in [0.15, 0.2) is 22.7 Å². The van der Waals surface area contributed by atoms with E-state index in [2.05, 4.69) is 21.2 Å². The fourth-order valence-corrected chi connectivity index (χ4v) is 3.39. The maximum absolute atomic E-state index is 12.4. The number of carbonyl (C=O) groups is 2. The molecule has 1 aromatic carbocycles. The Morgan fingerprint density at radius 1 is 1.30 bits per heavy atom. The topological polar surface area (TPSA) is 55.4 Å². The van der Waals surface area contributed by atoms with Crippen LogP contribution >= 0.6 is 15.9 Å². The predicted molar refractivity (Wildman–Crippen MR) is 93.3 cm³/mol. The van der Waals surface area contributed by atoms with E-state index in [1.54, 1.807) is 6.07 Å². The van der Waals surface area contributed by atoms with Crippen LogP contribution in [0.3, 0.4) is 0 Å². The molecule has 1 aromatic rings. The summed E-state index contributed by atoms with van der Waals surface area (Å²) in [5.74, 6) is -0.107. The SMILES string of the molecule is COC(=O)[C@H](CC1CCCCC1)NC(=O)c1ccc(Br)c(C)c1. The van der Waals surface area contributed by atoms with E-state index < -0.39 is 6.04 Å². The van der Waals surface area contributed by atoms with Crippen LogP contribution in [0.1, 0.15) is 54.4 Å². The van der Waals surface area contributed by atoms with E-state index in [9.17, 15) is 9.59 Å². The summed E-state index contributed by atoms with van der Waals surface area (Å²) in [5.41, 5.74) is 1.54. The lowest BCUT2D eigenvalue weighted by atomic mass is 9.84. The number of ether oxygens (including phenoxy) is 1. The number of rotatable bonds is 5. The minimum absolute atomic E-state index is 0.230. The molecule has 1 fully saturated rings. The van der Waals surface area contributed by atoms with E-state index in [-0.39, 0.29) is 11.9 Å². The second kappa shape index (κ2) is 8.48. The number of methoxy groups -OCH3 is 1. The van der Waals surface area contributed by atoms with Gasteiger partial charge in [-0.05, 0) is 43.0 Å². The zero-order chi connectivity index (χ0) is 16.8. The third kappa shape index (κ3) is 5.06. The third-order valence-electron chi connectivity index (χ3n) is 4.50. The highest BCUT2D eigenvalue weighted by molar-refractivity contribution is 9.10.